The first-order valence-electron chi connectivity index (χ1n) is 5.44. The minimum Gasteiger partial charge on any atom is -0.466 e. The number of ether oxygens (including phenoxy) is 1. The number of hydrogen-bond acceptors (Lipinski definition) is 2. The summed E-state index contributed by atoms with van der Waals surface area (Å²) < 4.78 is 4.71. The third kappa shape index (κ3) is 2.37. The second kappa shape index (κ2) is 4.63. The molecule has 2 heteroatoms. The maximum atomic E-state index is 11.3. The molecule has 0 unspecified atom stereocenters. The molecule has 0 saturated heterocycles. The lowest BCUT2D eigenvalue weighted by atomic mass is 9.91. The molecule has 0 aromatic carbocycles. The zero-order valence-corrected chi connectivity index (χ0v) is 9.27. The van der Waals surface area contributed by atoms with Crippen molar-refractivity contribution in [1.29, 1.82) is 0 Å². The van der Waals surface area contributed by atoms with Crippen LogP contribution in [0.3, 0.4) is 0 Å². The molecular formula is C12H20O2. The molecule has 80 valence electrons. The predicted octanol–water partition coefficient (Wildman–Crippen LogP) is 3.08. The number of carbonyl (C=O) groups excluding carboxylic acids is 1. The maximum Gasteiger partial charge on any atom is 0.333 e. The summed E-state index contributed by atoms with van der Waals surface area (Å²) in [6.07, 6.45) is 7.01. The van der Waals surface area contributed by atoms with Crippen molar-refractivity contribution in [3.8, 4) is 0 Å². The molecule has 0 aromatic heterocycles. The highest BCUT2D eigenvalue weighted by molar-refractivity contribution is 5.89. The van der Waals surface area contributed by atoms with Crippen LogP contribution in [0.15, 0.2) is 12.2 Å². The summed E-state index contributed by atoms with van der Waals surface area (Å²) >= 11 is 0. The van der Waals surface area contributed by atoms with E-state index in [1.54, 1.807) is 0 Å². The minimum absolute atomic E-state index is 0.113. The molecule has 2 nitrogen and oxygen atoms in total. The van der Waals surface area contributed by atoms with Crippen LogP contribution < -0.4 is 0 Å². The number of carbonyl (C=O) groups is 1. The van der Waals surface area contributed by atoms with Gasteiger partial charge < -0.3 is 4.74 Å². The molecule has 0 aliphatic heterocycles. The van der Waals surface area contributed by atoms with Crippen molar-refractivity contribution in [2.24, 2.45) is 5.41 Å². The van der Waals surface area contributed by atoms with Crippen LogP contribution >= 0.6 is 0 Å². The van der Waals surface area contributed by atoms with Gasteiger partial charge in [-0.05, 0) is 19.3 Å². The van der Waals surface area contributed by atoms with Gasteiger partial charge >= 0.3 is 5.97 Å². The zero-order valence-electron chi connectivity index (χ0n) is 9.27. The summed E-state index contributed by atoms with van der Waals surface area (Å²) in [4.78, 5) is 11.3. The third-order valence-corrected chi connectivity index (χ3v) is 3.18. The number of rotatable bonds is 6. The van der Waals surface area contributed by atoms with Gasteiger partial charge in [0.25, 0.3) is 0 Å². The summed E-state index contributed by atoms with van der Waals surface area (Å²) in [6.45, 7) is 6.05. The van der Waals surface area contributed by atoms with Crippen molar-refractivity contribution in [3.05, 3.63) is 12.2 Å². The number of methoxy groups -OCH3 is 1. The van der Waals surface area contributed by atoms with Gasteiger partial charge in [-0.3, -0.25) is 0 Å². The van der Waals surface area contributed by atoms with Crippen LogP contribution in [0, 0.1) is 5.41 Å². The van der Waals surface area contributed by atoms with Gasteiger partial charge in [-0.1, -0.05) is 32.8 Å². The Bertz CT molecular complexity index is 226. The Hall–Kier alpha value is -0.790. The van der Waals surface area contributed by atoms with Gasteiger partial charge in [-0.15, -0.1) is 0 Å². The zero-order chi connectivity index (χ0) is 10.6. The second-order valence-corrected chi connectivity index (χ2v) is 4.21. The molecule has 0 aromatic rings. The monoisotopic (exact) mass is 196 g/mol. The summed E-state index contributed by atoms with van der Waals surface area (Å²) in [6, 6.07) is 0. The Morgan fingerprint density at radius 3 is 2.50 bits per heavy atom. The molecule has 0 radical (unpaired) electrons. The Kier molecular flexibility index (Phi) is 3.73. The standard InChI is InChI=1S/C12H20O2/c1-4-5-6-7-12(8-9-12)10(2)11(13)14-3/h2,4-9H2,1,3H3. The molecule has 1 aliphatic rings. The average molecular weight is 196 g/mol. The summed E-state index contributed by atoms with van der Waals surface area (Å²) in [5.41, 5.74) is 0.804. The molecule has 1 fully saturated rings. The van der Waals surface area contributed by atoms with E-state index >= 15 is 0 Å². The fraction of sp³-hybridized carbons (Fsp3) is 0.750. The third-order valence-electron chi connectivity index (χ3n) is 3.18. The van der Waals surface area contributed by atoms with Gasteiger partial charge in [0.2, 0.25) is 0 Å². The Balaban J connectivity index is 2.41. The lowest BCUT2D eigenvalue weighted by Gasteiger charge is -2.15. The van der Waals surface area contributed by atoms with E-state index in [0.29, 0.717) is 5.57 Å². The topological polar surface area (TPSA) is 26.3 Å². The van der Waals surface area contributed by atoms with Crippen LogP contribution in [0.25, 0.3) is 0 Å². The number of hydrogen-bond donors (Lipinski definition) is 0. The molecule has 0 amide bonds. The van der Waals surface area contributed by atoms with Gasteiger partial charge in [0.05, 0.1) is 7.11 Å². The van der Waals surface area contributed by atoms with E-state index in [-0.39, 0.29) is 11.4 Å². The molecule has 0 spiro atoms. The average Bonchev–Trinajstić information content (AvgIpc) is 2.97. The van der Waals surface area contributed by atoms with Crippen LogP contribution in [0.2, 0.25) is 0 Å². The quantitative estimate of drug-likeness (QED) is 0.371. The van der Waals surface area contributed by atoms with Crippen LogP contribution in [-0.4, -0.2) is 13.1 Å². The van der Waals surface area contributed by atoms with Crippen molar-refractivity contribution in [2.75, 3.05) is 7.11 Å². The Morgan fingerprint density at radius 2 is 2.07 bits per heavy atom. The first kappa shape index (κ1) is 11.3. The van der Waals surface area contributed by atoms with Crippen LogP contribution in [0.1, 0.15) is 45.4 Å². The molecule has 14 heavy (non-hydrogen) atoms. The molecule has 1 saturated carbocycles. The van der Waals surface area contributed by atoms with Crippen molar-refractivity contribution in [1.82, 2.24) is 0 Å². The summed E-state index contributed by atoms with van der Waals surface area (Å²) in [7, 11) is 1.43. The van der Waals surface area contributed by atoms with E-state index in [1.165, 1.54) is 26.4 Å². The molecule has 1 rings (SSSR count). The van der Waals surface area contributed by atoms with Gasteiger partial charge in [0.15, 0.2) is 0 Å². The summed E-state index contributed by atoms with van der Waals surface area (Å²) in [5.74, 6) is -0.223. The highest BCUT2D eigenvalue weighted by Gasteiger charge is 2.47. The smallest absolute Gasteiger partial charge is 0.333 e. The number of unbranched alkanes of at least 4 members (excludes halogenated alkanes) is 2. The van der Waals surface area contributed by atoms with Crippen molar-refractivity contribution >= 4 is 5.97 Å². The second-order valence-electron chi connectivity index (χ2n) is 4.21. The van der Waals surface area contributed by atoms with E-state index < -0.39 is 0 Å². The molecule has 0 N–H and O–H groups in total. The van der Waals surface area contributed by atoms with E-state index in [0.717, 1.165) is 19.3 Å². The van der Waals surface area contributed by atoms with Crippen molar-refractivity contribution < 1.29 is 9.53 Å². The Morgan fingerprint density at radius 1 is 1.43 bits per heavy atom. The highest BCUT2D eigenvalue weighted by atomic mass is 16.5. The van der Waals surface area contributed by atoms with E-state index in [2.05, 4.69) is 13.5 Å². The lowest BCUT2D eigenvalue weighted by Crippen LogP contribution is -2.14. The van der Waals surface area contributed by atoms with Gasteiger partial charge in [-0.2, -0.15) is 0 Å². The molecule has 0 atom stereocenters. The van der Waals surface area contributed by atoms with Crippen LogP contribution in [0.5, 0.6) is 0 Å². The van der Waals surface area contributed by atoms with E-state index in [1.807, 2.05) is 0 Å². The highest BCUT2D eigenvalue weighted by Crippen LogP contribution is 2.55. The summed E-state index contributed by atoms with van der Waals surface area (Å²) in [5, 5.41) is 0. The first-order chi connectivity index (χ1) is 6.66. The SMILES string of the molecule is C=C(C(=O)OC)C1(CCCCC)CC1. The van der Waals surface area contributed by atoms with E-state index in [9.17, 15) is 4.79 Å². The Labute approximate surface area is 86.3 Å². The maximum absolute atomic E-state index is 11.3. The van der Waals surface area contributed by atoms with Crippen molar-refractivity contribution in [3.63, 3.8) is 0 Å². The minimum atomic E-state index is -0.223. The van der Waals surface area contributed by atoms with Gasteiger partial charge in [-0.25, -0.2) is 4.79 Å². The normalized spacial score (nSPS) is 17.6. The molecule has 1 aliphatic carbocycles. The van der Waals surface area contributed by atoms with Gasteiger partial charge in [0, 0.05) is 11.0 Å². The van der Waals surface area contributed by atoms with Crippen LogP contribution in [0.4, 0.5) is 0 Å². The largest absolute Gasteiger partial charge is 0.466 e. The lowest BCUT2D eigenvalue weighted by molar-refractivity contribution is -0.136. The fourth-order valence-electron chi connectivity index (χ4n) is 1.91. The van der Waals surface area contributed by atoms with Crippen LogP contribution in [-0.2, 0) is 9.53 Å². The fourth-order valence-corrected chi connectivity index (χ4v) is 1.91. The van der Waals surface area contributed by atoms with Crippen molar-refractivity contribution in [2.45, 2.75) is 45.4 Å². The predicted molar refractivity (Wildman–Crippen MR) is 57.0 cm³/mol. The number of esters is 1. The van der Waals surface area contributed by atoms with Gasteiger partial charge in [0.1, 0.15) is 0 Å². The first-order valence-corrected chi connectivity index (χ1v) is 5.44. The van der Waals surface area contributed by atoms with E-state index in [4.69, 9.17) is 4.74 Å². The molecule has 0 bridgehead atoms. The molecular weight excluding hydrogens is 176 g/mol. The molecule has 0 heterocycles.